The van der Waals surface area contributed by atoms with Crippen molar-refractivity contribution in [3.8, 4) is 0 Å². The molecule has 0 spiro atoms. The number of carbonyl (C=O) groups excluding carboxylic acids is 2. The Hall–Kier alpha value is -3.76. The summed E-state index contributed by atoms with van der Waals surface area (Å²) >= 11 is 0. The van der Waals surface area contributed by atoms with Crippen molar-refractivity contribution in [3.63, 3.8) is 0 Å². The third kappa shape index (κ3) is 5.65. The minimum Gasteiger partial charge on any atom is -0.466 e. The van der Waals surface area contributed by atoms with E-state index in [1.807, 2.05) is 18.2 Å². The Morgan fingerprint density at radius 3 is 2.77 bits per heavy atom. The third-order valence-electron chi connectivity index (χ3n) is 4.85. The second-order valence-electron chi connectivity index (χ2n) is 7.02. The molecule has 0 bridgehead atoms. The van der Waals surface area contributed by atoms with Crippen LogP contribution in [0.5, 0.6) is 0 Å². The van der Waals surface area contributed by atoms with E-state index in [2.05, 4.69) is 20.8 Å². The van der Waals surface area contributed by atoms with Gasteiger partial charge in [-0.2, -0.15) is 0 Å². The highest BCUT2D eigenvalue weighted by atomic mass is 16.6. The second-order valence-corrected chi connectivity index (χ2v) is 7.02. The lowest BCUT2D eigenvalue weighted by Crippen LogP contribution is -2.40. The van der Waals surface area contributed by atoms with E-state index in [-0.39, 0.29) is 54.7 Å². The van der Waals surface area contributed by atoms with Crippen LogP contribution in [-0.4, -0.2) is 46.5 Å². The molecule has 1 aromatic carbocycles. The number of aromatic nitrogens is 2. The number of hydrazine groups is 1. The maximum absolute atomic E-state index is 12.2. The number of hydrogen-bond donors (Lipinski definition) is 2. The van der Waals surface area contributed by atoms with Crippen LogP contribution in [0.1, 0.15) is 25.3 Å². The van der Waals surface area contributed by atoms with Gasteiger partial charge in [-0.25, -0.2) is 9.97 Å². The molecule has 1 aromatic heterocycles. The van der Waals surface area contributed by atoms with Crippen LogP contribution in [-0.2, 0) is 20.7 Å². The molecule has 11 nitrogen and oxygen atoms in total. The average molecular weight is 428 g/mol. The van der Waals surface area contributed by atoms with E-state index in [1.54, 1.807) is 24.0 Å². The van der Waals surface area contributed by atoms with Gasteiger partial charge >= 0.3 is 11.7 Å². The fourth-order valence-corrected chi connectivity index (χ4v) is 3.44. The van der Waals surface area contributed by atoms with Crippen LogP contribution >= 0.6 is 0 Å². The van der Waals surface area contributed by atoms with Crippen molar-refractivity contribution in [2.75, 3.05) is 30.0 Å². The maximum Gasteiger partial charge on any atom is 0.355 e. The van der Waals surface area contributed by atoms with Gasteiger partial charge in [-0.15, -0.1) is 0 Å². The summed E-state index contributed by atoms with van der Waals surface area (Å²) in [5.41, 5.74) is 5.41. The Morgan fingerprint density at radius 1 is 1.29 bits per heavy atom. The molecule has 0 saturated carbocycles. The van der Waals surface area contributed by atoms with Gasteiger partial charge in [0.2, 0.25) is 17.5 Å². The summed E-state index contributed by atoms with van der Waals surface area (Å²) in [7, 11) is 0. The van der Waals surface area contributed by atoms with E-state index in [0.717, 1.165) is 5.56 Å². The van der Waals surface area contributed by atoms with Crippen LogP contribution in [0.25, 0.3) is 0 Å². The monoisotopic (exact) mass is 428 g/mol. The van der Waals surface area contributed by atoms with Crippen LogP contribution < -0.4 is 15.8 Å². The van der Waals surface area contributed by atoms with Crippen LogP contribution in [0.3, 0.4) is 0 Å². The zero-order valence-electron chi connectivity index (χ0n) is 17.1. The Bertz CT molecular complexity index is 939. The first-order valence-electron chi connectivity index (χ1n) is 9.99. The zero-order chi connectivity index (χ0) is 22.2. The molecule has 3 rings (SSSR count). The Labute approximate surface area is 178 Å². The van der Waals surface area contributed by atoms with Gasteiger partial charge in [0.15, 0.2) is 0 Å². The smallest absolute Gasteiger partial charge is 0.355 e. The zero-order valence-corrected chi connectivity index (χ0v) is 17.1. The lowest BCUT2D eigenvalue weighted by atomic mass is 9.98. The quantitative estimate of drug-likeness (QED) is 0.366. The van der Waals surface area contributed by atoms with Gasteiger partial charge in [-0.1, -0.05) is 30.3 Å². The molecule has 0 radical (unpaired) electrons. The van der Waals surface area contributed by atoms with Crippen molar-refractivity contribution in [2.24, 2.45) is 5.92 Å². The summed E-state index contributed by atoms with van der Waals surface area (Å²) in [6.07, 6.45) is 2.60. The SMILES string of the molecule is CCOC(=O)C1CCCN(c2ncnc(NNC(=O)Cc3ccccc3)c2[N+](=O)[O-])C1. The summed E-state index contributed by atoms with van der Waals surface area (Å²) in [4.78, 5) is 45.2. The Morgan fingerprint density at radius 2 is 2.06 bits per heavy atom. The molecular weight excluding hydrogens is 404 g/mol. The largest absolute Gasteiger partial charge is 0.466 e. The minimum absolute atomic E-state index is 0.0915. The van der Waals surface area contributed by atoms with Gasteiger partial charge in [0.05, 0.1) is 23.9 Å². The van der Waals surface area contributed by atoms with Crippen molar-refractivity contribution in [1.82, 2.24) is 15.4 Å². The fraction of sp³-hybridized carbons (Fsp3) is 0.400. The van der Waals surface area contributed by atoms with Crippen LogP contribution in [0, 0.1) is 16.0 Å². The fourth-order valence-electron chi connectivity index (χ4n) is 3.44. The van der Waals surface area contributed by atoms with E-state index < -0.39 is 4.92 Å². The molecular formula is C20H24N6O5. The number of carbonyl (C=O) groups is 2. The summed E-state index contributed by atoms with van der Waals surface area (Å²) in [6.45, 7) is 2.78. The molecule has 11 heteroatoms. The van der Waals surface area contributed by atoms with Crippen LogP contribution in [0.2, 0.25) is 0 Å². The van der Waals surface area contributed by atoms with Gasteiger partial charge in [0.1, 0.15) is 6.33 Å². The minimum atomic E-state index is -0.602. The first-order valence-corrected chi connectivity index (χ1v) is 9.99. The van der Waals surface area contributed by atoms with Crippen LogP contribution in [0.15, 0.2) is 36.7 Å². The molecule has 1 atom stereocenters. The number of anilines is 2. The average Bonchev–Trinajstić information content (AvgIpc) is 2.78. The molecule has 1 unspecified atom stereocenters. The number of ether oxygens (including phenoxy) is 1. The predicted molar refractivity (Wildman–Crippen MR) is 112 cm³/mol. The van der Waals surface area contributed by atoms with E-state index in [1.165, 1.54) is 6.33 Å². The predicted octanol–water partition coefficient (Wildman–Crippen LogP) is 1.85. The molecule has 0 aliphatic carbocycles. The molecule has 31 heavy (non-hydrogen) atoms. The molecule has 1 fully saturated rings. The number of amides is 1. The van der Waals surface area contributed by atoms with Gasteiger partial charge in [0, 0.05) is 13.1 Å². The van der Waals surface area contributed by atoms with E-state index in [0.29, 0.717) is 19.4 Å². The van der Waals surface area contributed by atoms with Crippen molar-refractivity contribution >= 4 is 29.2 Å². The number of benzene rings is 1. The summed E-state index contributed by atoms with van der Waals surface area (Å²) in [5, 5.41) is 11.8. The van der Waals surface area contributed by atoms with E-state index >= 15 is 0 Å². The first kappa shape index (κ1) is 21.9. The number of piperidine rings is 1. The molecule has 2 aromatic rings. The maximum atomic E-state index is 12.2. The lowest BCUT2D eigenvalue weighted by molar-refractivity contribution is -0.383. The lowest BCUT2D eigenvalue weighted by Gasteiger charge is -2.32. The standard InChI is InChI=1S/C20H24N6O5/c1-2-31-20(28)15-9-6-10-25(12-15)19-17(26(29)30)18(21-13-22-19)24-23-16(27)11-14-7-4-3-5-8-14/h3-5,7-8,13,15H,2,6,9-12H2,1H3,(H,23,27)(H,21,22,24). The summed E-state index contributed by atoms with van der Waals surface area (Å²) in [5.74, 6) is -1.12. The number of esters is 1. The highest BCUT2D eigenvalue weighted by Gasteiger charge is 2.33. The number of nitrogens with zero attached hydrogens (tertiary/aromatic N) is 4. The molecule has 1 saturated heterocycles. The Balaban J connectivity index is 1.74. The molecule has 1 amide bonds. The summed E-state index contributed by atoms with van der Waals surface area (Å²) < 4.78 is 5.09. The highest BCUT2D eigenvalue weighted by molar-refractivity contribution is 5.81. The molecule has 2 heterocycles. The topological polar surface area (TPSA) is 140 Å². The van der Waals surface area contributed by atoms with Crippen molar-refractivity contribution in [3.05, 3.63) is 52.3 Å². The Kier molecular flexibility index (Phi) is 7.31. The van der Waals surface area contributed by atoms with Crippen molar-refractivity contribution < 1.29 is 19.2 Å². The number of hydrogen-bond acceptors (Lipinski definition) is 9. The summed E-state index contributed by atoms with van der Waals surface area (Å²) in [6, 6.07) is 9.10. The third-order valence-corrected chi connectivity index (χ3v) is 4.85. The van der Waals surface area contributed by atoms with Crippen LogP contribution in [0.4, 0.5) is 17.3 Å². The molecule has 1 aliphatic heterocycles. The normalized spacial score (nSPS) is 15.8. The van der Waals surface area contributed by atoms with Gasteiger partial charge < -0.3 is 9.64 Å². The molecule has 2 N–H and O–H groups in total. The first-order chi connectivity index (χ1) is 15.0. The highest BCUT2D eigenvalue weighted by Crippen LogP contribution is 2.34. The van der Waals surface area contributed by atoms with Gasteiger partial charge in [-0.3, -0.25) is 30.6 Å². The van der Waals surface area contributed by atoms with Crippen molar-refractivity contribution in [2.45, 2.75) is 26.2 Å². The van der Waals surface area contributed by atoms with Crippen molar-refractivity contribution in [1.29, 1.82) is 0 Å². The number of rotatable bonds is 8. The molecule has 1 aliphatic rings. The van der Waals surface area contributed by atoms with E-state index in [9.17, 15) is 19.7 Å². The van der Waals surface area contributed by atoms with Gasteiger partial charge in [-0.05, 0) is 25.3 Å². The number of nitro groups is 1. The van der Waals surface area contributed by atoms with Gasteiger partial charge in [0.25, 0.3) is 0 Å². The second kappa shape index (κ2) is 10.3. The molecule has 164 valence electrons. The van der Waals surface area contributed by atoms with E-state index in [4.69, 9.17) is 4.74 Å². The number of nitrogens with one attached hydrogen (secondary N) is 2.